The Morgan fingerprint density at radius 2 is 1.71 bits per heavy atom. The zero-order valence-electron chi connectivity index (χ0n) is 21.2. The molecule has 35 heavy (non-hydrogen) atoms. The molecule has 0 amide bonds. The van der Waals surface area contributed by atoms with E-state index in [0.717, 1.165) is 29.8 Å². The van der Waals surface area contributed by atoms with E-state index in [4.69, 9.17) is 19.3 Å². The van der Waals surface area contributed by atoms with Crippen molar-refractivity contribution in [3.8, 4) is 23.1 Å². The highest BCUT2D eigenvalue weighted by Gasteiger charge is 2.33. The number of aryl methyl sites for hydroxylation is 1. The van der Waals surface area contributed by atoms with Crippen LogP contribution in [0.5, 0.6) is 17.4 Å². The van der Waals surface area contributed by atoms with Crippen LogP contribution in [0.3, 0.4) is 0 Å². The van der Waals surface area contributed by atoms with E-state index >= 15 is 0 Å². The standard InChI is InChI=1S/C28H37N3O4/c1-20(2)18-34-19-24(32)16-30(22-14-15-22)17-25-21(3)29-31(23-10-6-5-7-11-23)28(25)35-27-13-9-8-12-26(27)33-4/h5-13,20,22,24,32H,14-19H2,1-4H3/t24-/m1/s1. The smallest absolute Gasteiger partial charge is 0.227 e. The number of ether oxygens (including phenoxy) is 3. The molecule has 0 unspecified atom stereocenters. The number of aliphatic hydroxyl groups excluding tert-OH is 1. The van der Waals surface area contributed by atoms with Crippen molar-refractivity contribution in [1.82, 2.24) is 14.7 Å². The molecule has 1 heterocycles. The molecule has 7 nitrogen and oxygen atoms in total. The Kier molecular flexibility index (Phi) is 8.44. The van der Waals surface area contributed by atoms with Gasteiger partial charge in [0.05, 0.1) is 36.8 Å². The number of rotatable bonds is 13. The van der Waals surface area contributed by atoms with Gasteiger partial charge >= 0.3 is 0 Å². The maximum absolute atomic E-state index is 10.7. The molecule has 7 heteroatoms. The van der Waals surface area contributed by atoms with Gasteiger partial charge in [-0.25, -0.2) is 4.68 Å². The Labute approximate surface area is 208 Å². The second-order valence-corrected chi connectivity index (χ2v) is 9.62. The van der Waals surface area contributed by atoms with Crippen LogP contribution in [0.15, 0.2) is 54.6 Å². The zero-order chi connectivity index (χ0) is 24.8. The van der Waals surface area contributed by atoms with Crippen LogP contribution < -0.4 is 9.47 Å². The number of methoxy groups -OCH3 is 1. The number of aliphatic hydroxyl groups is 1. The molecule has 1 aromatic heterocycles. The fraction of sp³-hybridized carbons (Fsp3) is 0.464. The molecule has 1 fully saturated rings. The van der Waals surface area contributed by atoms with Crippen molar-refractivity contribution in [2.75, 3.05) is 26.9 Å². The second kappa shape index (κ2) is 11.7. The molecule has 1 aliphatic carbocycles. The van der Waals surface area contributed by atoms with Gasteiger partial charge in [0.25, 0.3) is 0 Å². The van der Waals surface area contributed by atoms with Crippen LogP contribution in [0.2, 0.25) is 0 Å². The topological polar surface area (TPSA) is 69.0 Å². The van der Waals surface area contributed by atoms with Crippen LogP contribution in [0.25, 0.3) is 5.69 Å². The Balaban J connectivity index is 1.62. The first-order chi connectivity index (χ1) is 17.0. The quantitative estimate of drug-likeness (QED) is 0.373. The first-order valence-corrected chi connectivity index (χ1v) is 12.4. The van der Waals surface area contributed by atoms with Gasteiger partial charge in [-0.05, 0) is 49.9 Å². The third-order valence-corrected chi connectivity index (χ3v) is 6.04. The summed E-state index contributed by atoms with van der Waals surface area (Å²) in [6, 6.07) is 18.1. The number of hydrogen-bond acceptors (Lipinski definition) is 6. The van der Waals surface area contributed by atoms with Crippen molar-refractivity contribution in [2.45, 2.75) is 52.3 Å². The molecule has 1 saturated carbocycles. The maximum atomic E-state index is 10.7. The van der Waals surface area contributed by atoms with Crippen LogP contribution in [0.4, 0.5) is 0 Å². The number of benzene rings is 2. The summed E-state index contributed by atoms with van der Waals surface area (Å²) in [4.78, 5) is 2.33. The van der Waals surface area contributed by atoms with Gasteiger partial charge in [-0.1, -0.05) is 44.2 Å². The highest BCUT2D eigenvalue weighted by Crippen LogP contribution is 2.37. The van der Waals surface area contributed by atoms with E-state index in [9.17, 15) is 5.11 Å². The van der Waals surface area contributed by atoms with Gasteiger partial charge in [0.2, 0.25) is 5.88 Å². The van der Waals surface area contributed by atoms with Crippen molar-refractivity contribution < 1.29 is 19.3 Å². The SMILES string of the molecule is COc1ccccc1Oc1c(CN(C[C@@H](O)COCC(C)C)C2CC2)c(C)nn1-c1ccccc1. The van der Waals surface area contributed by atoms with Crippen LogP contribution in [0.1, 0.15) is 37.9 Å². The normalized spacial score (nSPS) is 14.5. The minimum absolute atomic E-state index is 0.341. The molecular weight excluding hydrogens is 442 g/mol. The highest BCUT2D eigenvalue weighted by atomic mass is 16.5. The van der Waals surface area contributed by atoms with Crippen molar-refractivity contribution in [1.29, 1.82) is 0 Å². The van der Waals surface area contributed by atoms with Crippen molar-refractivity contribution >= 4 is 0 Å². The molecule has 0 aliphatic heterocycles. The number of aromatic nitrogens is 2. The second-order valence-electron chi connectivity index (χ2n) is 9.62. The summed E-state index contributed by atoms with van der Waals surface area (Å²) < 4.78 is 19.6. The lowest BCUT2D eigenvalue weighted by Crippen LogP contribution is -2.36. The molecule has 1 atom stereocenters. The lowest BCUT2D eigenvalue weighted by atomic mass is 10.2. The van der Waals surface area contributed by atoms with Crippen LogP contribution in [-0.4, -0.2) is 58.8 Å². The maximum Gasteiger partial charge on any atom is 0.227 e. The van der Waals surface area contributed by atoms with E-state index < -0.39 is 6.10 Å². The minimum Gasteiger partial charge on any atom is -0.493 e. The molecule has 0 radical (unpaired) electrons. The van der Waals surface area contributed by atoms with Gasteiger partial charge in [0.15, 0.2) is 11.5 Å². The first-order valence-electron chi connectivity index (χ1n) is 12.4. The summed E-state index contributed by atoms with van der Waals surface area (Å²) >= 11 is 0. The molecule has 0 bridgehead atoms. The Morgan fingerprint density at radius 3 is 2.37 bits per heavy atom. The van der Waals surface area contributed by atoms with Gasteiger partial charge < -0.3 is 19.3 Å². The lowest BCUT2D eigenvalue weighted by molar-refractivity contribution is 0.00536. The van der Waals surface area contributed by atoms with Crippen LogP contribution in [0, 0.1) is 12.8 Å². The van der Waals surface area contributed by atoms with Gasteiger partial charge in [-0.2, -0.15) is 5.10 Å². The Bertz CT molecular complexity index is 1080. The summed E-state index contributed by atoms with van der Waals surface area (Å²) in [6.45, 7) is 8.41. The Hall–Kier alpha value is -2.87. The highest BCUT2D eigenvalue weighted by molar-refractivity contribution is 5.47. The molecule has 0 spiro atoms. The molecule has 0 saturated heterocycles. The fourth-order valence-corrected chi connectivity index (χ4v) is 4.13. The average Bonchev–Trinajstić information content (AvgIpc) is 3.65. The number of hydrogen-bond donors (Lipinski definition) is 1. The molecule has 188 valence electrons. The van der Waals surface area contributed by atoms with E-state index in [0.29, 0.717) is 55.6 Å². The third-order valence-electron chi connectivity index (χ3n) is 6.04. The Morgan fingerprint density at radius 1 is 1.03 bits per heavy atom. The van der Waals surface area contributed by atoms with Gasteiger partial charge in [0, 0.05) is 25.7 Å². The average molecular weight is 480 g/mol. The molecule has 1 N–H and O–H groups in total. The summed E-state index contributed by atoms with van der Waals surface area (Å²) in [7, 11) is 1.64. The number of para-hydroxylation sites is 3. The fourth-order valence-electron chi connectivity index (χ4n) is 4.13. The third kappa shape index (κ3) is 6.63. The first kappa shape index (κ1) is 25.2. The zero-order valence-corrected chi connectivity index (χ0v) is 21.2. The van der Waals surface area contributed by atoms with Crippen LogP contribution in [-0.2, 0) is 11.3 Å². The van der Waals surface area contributed by atoms with Crippen molar-refractivity contribution in [2.24, 2.45) is 5.92 Å². The van der Waals surface area contributed by atoms with Crippen molar-refractivity contribution in [3.63, 3.8) is 0 Å². The summed E-state index contributed by atoms with van der Waals surface area (Å²) in [5.41, 5.74) is 2.82. The molecule has 4 rings (SSSR count). The van der Waals surface area contributed by atoms with Gasteiger partial charge in [-0.3, -0.25) is 4.90 Å². The predicted molar refractivity (Wildman–Crippen MR) is 136 cm³/mol. The molecule has 3 aromatic rings. The van der Waals surface area contributed by atoms with E-state index in [1.54, 1.807) is 7.11 Å². The largest absolute Gasteiger partial charge is 0.493 e. The van der Waals surface area contributed by atoms with E-state index in [-0.39, 0.29) is 0 Å². The summed E-state index contributed by atoms with van der Waals surface area (Å²) in [5.74, 6) is 2.40. The van der Waals surface area contributed by atoms with Gasteiger partial charge in [-0.15, -0.1) is 0 Å². The number of nitrogens with zero attached hydrogens (tertiary/aromatic N) is 3. The van der Waals surface area contributed by atoms with Crippen LogP contribution >= 0.6 is 0 Å². The minimum atomic E-state index is -0.544. The van der Waals surface area contributed by atoms with E-state index in [2.05, 4.69) is 18.7 Å². The summed E-state index contributed by atoms with van der Waals surface area (Å²) in [6.07, 6.45) is 1.72. The van der Waals surface area contributed by atoms with Gasteiger partial charge in [0.1, 0.15) is 0 Å². The molecule has 1 aliphatic rings. The van der Waals surface area contributed by atoms with E-state index in [1.807, 2.05) is 66.2 Å². The predicted octanol–water partition coefficient (Wildman–Crippen LogP) is 4.98. The monoisotopic (exact) mass is 479 g/mol. The molecule has 2 aromatic carbocycles. The lowest BCUT2D eigenvalue weighted by Gasteiger charge is -2.25. The van der Waals surface area contributed by atoms with E-state index in [1.165, 1.54) is 0 Å². The van der Waals surface area contributed by atoms with Crippen molar-refractivity contribution in [3.05, 3.63) is 65.9 Å². The molecular formula is C28H37N3O4. The summed E-state index contributed by atoms with van der Waals surface area (Å²) in [5, 5.41) is 15.5.